The van der Waals surface area contributed by atoms with Crippen molar-refractivity contribution < 1.29 is 129 Å². The third kappa shape index (κ3) is 40.1. The molecule has 47 heteroatoms. The number of aliphatic hydroxyl groups is 1. The number of aliphatic hydroxyl groups excluding tert-OH is 1. The number of hydrogen-bond acceptors (Lipinski definition) is 21. The number of hydrogen-bond donors (Lipinski definition) is 27. The summed E-state index contributed by atoms with van der Waals surface area (Å²) in [4.78, 5) is 293. The molecule has 19 amide bonds. The monoisotopic (exact) mass is 2100 g/mol. The number of rotatable bonds is 61. The fourth-order valence-electron chi connectivity index (χ4n) is 17.7. The standard InChI is InChI=1S/C103H159N25O22/c1-11-58(5)83(124-93(141)78(53-81(109)132)121-90(138)74(49-62-32-16-15-17-33-62)118-91(139)75(50-63-55-111-67-36-20-18-34-65(63)67)119-92(140)77(52-80(108)131)113-61(8)130)97(145)125-85(60(7)129)98(146)122-79(54-82(110)133)95(143)128-102(9)42-26-13-14-27-43-103(10,127-94(142)76(51-64-56-112-68-37-21-19-35-66(64)68)120-89(137)73(48-57(3)4)123-100(102)149)101(150)126-84(59(6)12-2)96(144)116-71(40-24-30-46-106)87(135)114-69(38-22-28-44-104)86(134)115-70(39-23-29-45-105)88(136)117-72(99(147)148)41-25-31-47-107/h15-21,32-37,55-60,69-79,83-85,111-112,129H,11-14,22-31,38-54,104-107H2,1-10H3,(H2,108,131)(H2,109,132)(H2,110,133)(H,113,130)(H,114,135)(H,115,134)(H,116,144)(H,117,136)(H,118,139)(H,119,140)(H,120,137)(H,121,138)(H,122,146)(H,123,149)(H,124,141)(H,125,145)(H,126,150)(H,127,142)(H,128,143)(H,147,148)/p+4/t58-,59-,60+,69-,70-,71-,72-,73-,74-,75-,76-,77-,78-,79-,83-,84-,85-,102+,103-/m0/s1. The van der Waals surface area contributed by atoms with Gasteiger partial charge in [0, 0.05) is 60.4 Å². The molecular formula is C103H163N25O22+4. The molecule has 6 rings (SSSR count). The average molecular weight is 2100 g/mol. The van der Waals surface area contributed by atoms with Gasteiger partial charge in [0.15, 0.2) is 0 Å². The Morgan fingerprint density at radius 3 is 1.27 bits per heavy atom. The molecule has 0 aliphatic carbocycles. The Morgan fingerprint density at radius 2 is 0.793 bits per heavy atom. The number of nitrogens with two attached hydrogens (primary N) is 3. The van der Waals surface area contributed by atoms with Crippen molar-refractivity contribution in [2.24, 2.45) is 35.0 Å². The van der Waals surface area contributed by atoms with Crippen LogP contribution in [0.5, 0.6) is 0 Å². The third-order valence-electron chi connectivity index (χ3n) is 26.9. The van der Waals surface area contributed by atoms with Crippen molar-refractivity contribution >= 4 is 140 Å². The van der Waals surface area contributed by atoms with Gasteiger partial charge in [0.2, 0.25) is 112 Å². The maximum absolute atomic E-state index is 15.7. The Hall–Kier alpha value is -14.1. The number of carbonyl (C=O) groups excluding carboxylic acids is 19. The first-order valence-corrected chi connectivity index (χ1v) is 52.1. The largest absolute Gasteiger partial charge is 0.480 e. The van der Waals surface area contributed by atoms with E-state index < -0.39 is 251 Å². The summed E-state index contributed by atoms with van der Waals surface area (Å²) >= 11 is 0. The van der Waals surface area contributed by atoms with Gasteiger partial charge in [0.25, 0.3) is 0 Å². The Bertz CT molecular complexity index is 5390. The van der Waals surface area contributed by atoms with E-state index in [9.17, 15) is 77.3 Å². The molecule has 1 aliphatic heterocycles. The van der Waals surface area contributed by atoms with Gasteiger partial charge in [0.05, 0.1) is 51.5 Å². The van der Waals surface area contributed by atoms with E-state index in [1.54, 1.807) is 126 Å². The number of amides is 19. The van der Waals surface area contributed by atoms with Crippen molar-refractivity contribution in [3.63, 3.8) is 0 Å². The minimum Gasteiger partial charge on any atom is -0.480 e. The lowest BCUT2D eigenvalue weighted by atomic mass is 9.88. The highest BCUT2D eigenvalue weighted by Crippen LogP contribution is 2.28. The molecule has 5 aromatic rings. The molecule has 1 saturated heterocycles. The molecule has 2 aromatic heterocycles. The lowest BCUT2D eigenvalue weighted by molar-refractivity contribution is -0.369. The van der Waals surface area contributed by atoms with E-state index in [0.717, 1.165) is 13.8 Å². The highest BCUT2D eigenvalue weighted by atomic mass is 16.4. The first-order valence-electron chi connectivity index (χ1n) is 52.1. The van der Waals surface area contributed by atoms with Gasteiger partial charge in [-0.25, -0.2) is 4.79 Å². The van der Waals surface area contributed by atoms with Crippen LogP contribution in [0.3, 0.4) is 0 Å². The number of fused-ring (bicyclic) bond motifs is 2. The van der Waals surface area contributed by atoms with Gasteiger partial charge in [0.1, 0.15) is 95.7 Å². The number of aliphatic carboxylic acids is 1. The highest BCUT2D eigenvalue weighted by molar-refractivity contribution is 6.04. The number of unbranched alkanes of at least 4 members (excludes halogenated alkanes) is 4. The van der Waals surface area contributed by atoms with Crippen molar-refractivity contribution in [2.75, 3.05) is 26.2 Å². The fraction of sp³-hybridized carbons (Fsp3) is 0.592. The van der Waals surface area contributed by atoms with Crippen molar-refractivity contribution in [1.29, 1.82) is 0 Å². The van der Waals surface area contributed by atoms with Crippen molar-refractivity contribution in [2.45, 2.75) is 344 Å². The van der Waals surface area contributed by atoms with Gasteiger partial charge in [-0.05, 0) is 164 Å². The summed E-state index contributed by atoms with van der Waals surface area (Å²) in [5.74, 6) is -21.7. The molecule has 47 nitrogen and oxygen atoms in total. The molecule has 1 fully saturated rings. The average Bonchev–Trinajstić information content (AvgIpc) is 1.40. The normalized spacial score (nSPS) is 18.7. The van der Waals surface area contributed by atoms with Crippen LogP contribution in [-0.4, -0.2) is 266 Å². The number of benzene rings is 3. The Morgan fingerprint density at radius 1 is 0.413 bits per heavy atom. The van der Waals surface area contributed by atoms with Crippen LogP contribution in [0.1, 0.15) is 240 Å². The minimum absolute atomic E-state index is 0.0381. The molecule has 0 radical (unpaired) electrons. The molecule has 0 bridgehead atoms. The number of aromatic amines is 2. The van der Waals surface area contributed by atoms with Crippen molar-refractivity contribution in [3.05, 3.63) is 108 Å². The molecule has 0 unspecified atom stereocenters. The van der Waals surface area contributed by atoms with E-state index in [1.165, 1.54) is 20.8 Å². The number of carbonyl (C=O) groups is 20. The van der Waals surface area contributed by atoms with Crippen LogP contribution in [-0.2, 0) is 115 Å². The van der Waals surface area contributed by atoms with E-state index >= 15 is 28.8 Å². The van der Waals surface area contributed by atoms with Gasteiger partial charge in [-0.15, -0.1) is 0 Å². The van der Waals surface area contributed by atoms with Crippen LogP contribution >= 0.6 is 0 Å². The summed E-state index contributed by atoms with van der Waals surface area (Å²) in [6.07, 6.45) is 3.05. The van der Waals surface area contributed by atoms with Gasteiger partial charge >= 0.3 is 5.97 Å². The first kappa shape index (κ1) is 125. The van der Waals surface area contributed by atoms with E-state index in [4.69, 9.17) is 17.2 Å². The van der Waals surface area contributed by atoms with Gasteiger partial charge in [-0.1, -0.05) is 147 Å². The number of carboxylic acid groups (broad SMARTS) is 1. The second-order valence-electron chi connectivity index (χ2n) is 40.0. The minimum atomic E-state index is -2.07. The van der Waals surface area contributed by atoms with Crippen molar-refractivity contribution in [3.8, 4) is 0 Å². The summed E-state index contributed by atoms with van der Waals surface area (Å²) in [6, 6.07) is 0.434. The van der Waals surface area contributed by atoms with Crippen molar-refractivity contribution in [1.82, 2.24) is 95.0 Å². The van der Waals surface area contributed by atoms with Crippen LogP contribution < -0.4 is 125 Å². The van der Waals surface area contributed by atoms with E-state index in [1.807, 2.05) is 0 Å². The summed E-state index contributed by atoms with van der Waals surface area (Å²) in [6.45, 7) is 17.1. The summed E-state index contributed by atoms with van der Waals surface area (Å²) in [7, 11) is 0. The Balaban J connectivity index is 1.29. The SMILES string of the molecule is CC[C@H](C)[C@H](NC(=O)[C@H](CC(N)=O)NC(=O)[C@H](Cc1ccccc1)NC(=O)[C@H](Cc1c[nH]c2ccccc12)NC(=O)[C@H](CC(N)=O)NC(C)=O)C(=O)N[C@H](C(=O)N[C@@H](CC(N)=O)C(=O)N[C@]1(C)CCCCCC[C@@](C)(C(=O)N[C@H](C(=O)N[C@@H](CCCC[NH3+])C(=O)N[C@@H](CCCC[NH3+])C(=O)N[C@@H](CCCC[NH3+])C(=O)N[C@@H](CCCC[NH3+])C(=O)O)[C@@H](C)CC)NC(=O)[C@H](Cc2c[nH]c3ccccc23)NC(=O)[C@H](CC(C)C)NC1=O)[C@@H](C)O. The fourth-order valence-corrected chi connectivity index (χ4v) is 17.7. The predicted molar refractivity (Wildman–Crippen MR) is 553 cm³/mol. The van der Waals surface area contributed by atoms with Crippen LogP contribution in [0.25, 0.3) is 21.8 Å². The second-order valence-corrected chi connectivity index (χ2v) is 40.0. The zero-order valence-electron chi connectivity index (χ0n) is 88.1. The molecule has 828 valence electrons. The molecule has 3 aromatic carbocycles. The van der Waals surface area contributed by atoms with Gasteiger partial charge in [-0.2, -0.15) is 0 Å². The number of nitrogens with one attached hydrogen (secondary N) is 18. The zero-order chi connectivity index (χ0) is 111. The second kappa shape index (κ2) is 62.4. The number of para-hydroxylation sites is 2. The summed E-state index contributed by atoms with van der Waals surface area (Å²) in [5, 5.41) is 65.4. The maximum Gasteiger partial charge on any atom is 0.326 e. The van der Waals surface area contributed by atoms with Gasteiger partial charge < -0.3 is 145 Å². The quantitative estimate of drug-likeness (QED) is 0.0163. The topological polar surface area (TPSA) is 795 Å². The summed E-state index contributed by atoms with van der Waals surface area (Å²) < 4.78 is 0. The smallest absolute Gasteiger partial charge is 0.326 e. The van der Waals surface area contributed by atoms with E-state index in [-0.39, 0.29) is 109 Å². The number of primary amides is 3. The third-order valence-corrected chi connectivity index (χ3v) is 26.9. The molecular weight excluding hydrogens is 1940 g/mol. The van der Waals surface area contributed by atoms with Crippen LogP contribution in [0.4, 0.5) is 0 Å². The predicted octanol–water partition coefficient (Wildman–Crippen LogP) is -4.53. The summed E-state index contributed by atoms with van der Waals surface area (Å²) in [5.41, 5.74) is 31.4. The molecule has 0 spiro atoms. The molecule has 3 heterocycles. The Labute approximate surface area is 873 Å². The first-order chi connectivity index (χ1) is 71.1. The number of carboxylic acids is 1. The van der Waals surface area contributed by atoms with E-state index in [2.05, 4.69) is 118 Å². The molecule has 150 heavy (non-hydrogen) atoms. The van der Waals surface area contributed by atoms with Crippen LogP contribution in [0.2, 0.25) is 0 Å². The Kier molecular flexibility index (Phi) is 51.9. The number of quaternary nitrogens is 4. The molecule has 19 atom stereocenters. The number of aromatic nitrogens is 2. The molecule has 38 N–H and O–H groups in total. The molecule has 1 aliphatic rings. The lowest BCUT2D eigenvalue weighted by Gasteiger charge is -2.36. The van der Waals surface area contributed by atoms with E-state index in [0.29, 0.717) is 116 Å². The maximum atomic E-state index is 15.7. The highest BCUT2D eigenvalue weighted by Gasteiger charge is 2.46. The van der Waals surface area contributed by atoms with Gasteiger partial charge in [-0.3, -0.25) is 91.1 Å². The molecule has 0 saturated carbocycles. The van der Waals surface area contributed by atoms with Crippen LogP contribution in [0.15, 0.2) is 91.3 Å². The van der Waals surface area contributed by atoms with Crippen LogP contribution in [0, 0.1) is 17.8 Å². The number of H-pyrrole nitrogens is 2. The zero-order valence-corrected chi connectivity index (χ0v) is 88.1. The lowest BCUT2D eigenvalue weighted by Crippen LogP contribution is -2.66.